The van der Waals surface area contributed by atoms with Crippen LogP contribution in [0.2, 0.25) is 0 Å². The van der Waals surface area contributed by atoms with Crippen molar-refractivity contribution in [3.63, 3.8) is 0 Å². The zero-order valence-corrected chi connectivity index (χ0v) is 8.44. The van der Waals surface area contributed by atoms with Crippen molar-refractivity contribution in [2.24, 2.45) is 11.7 Å². The number of hydrogen-bond donors (Lipinski definition) is 3. The molecular formula is C9H16N2O4. The van der Waals surface area contributed by atoms with E-state index in [0.717, 1.165) is 25.7 Å². The zero-order valence-electron chi connectivity index (χ0n) is 8.44. The molecule has 6 heteroatoms. The lowest BCUT2D eigenvalue weighted by Crippen LogP contribution is -2.37. The minimum atomic E-state index is -1.11. The fourth-order valence-corrected chi connectivity index (χ4v) is 1.63. The highest BCUT2D eigenvalue weighted by Gasteiger charge is 2.24. The van der Waals surface area contributed by atoms with Gasteiger partial charge in [-0.3, -0.25) is 9.63 Å². The second-order valence-corrected chi connectivity index (χ2v) is 3.76. The monoisotopic (exact) mass is 216 g/mol. The Labute approximate surface area is 87.7 Å². The molecule has 1 fully saturated rings. The number of hydrogen-bond acceptors (Lipinski definition) is 4. The number of carboxylic acid groups (broad SMARTS) is 1. The van der Waals surface area contributed by atoms with Gasteiger partial charge in [-0.25, -0.2) is 10.3 Å². The lowest BCUT2D eigenvalue weighted by molar-refractivity contribution is -0.151. The largest absolute Gasteiger partial charge is 0.479 e. The topological polar surface area (TPSA) is 102 Å². The van der Waals surface area contributed by atoms with E-state index in [4.69, 9.17) is 10.8 Å². The molecule has 0 heterocycles. The summed E-state index contributed by atoms with van der Waals surface area (Å²) in [5.41, 5.74) is 7.83. The van der Waals surface area contributed by atoms with Gasteiger partial charge in [0.15, 0.2) is 6.61 Å². The molecule has 0 bridgehead atoms. The van der Waals surface area contributed by atoms with Crippen LogP contribution in [0.1, 0.15) is 25.7 Å². The van der Waals surface area contributed by atoms with Gasteiger partial charge in [0, 0.05) is 12.0 Å². The molecule has 6 nitrogen and oxygen atoms in total. The van der Waals surface area contributed by atoms with Crippen molar-refractivity contribution in [2.75, 3.05) is 6.61 Å². The van der Waals surface area contributed by atoms with Crippen LogP contribution in [0.4, 0.5) is 0 Å². The van der Waals surface area contributed by atoms with E-state index in [1.807, 2.05) is 0 Å². The lowest BCUT2D eigenvalue weighted by atomic mass is 9.86. The van der Waals surface area contributed by atoms with Crippen molar-refractivity contribution in [1.82, 2.24) is 5.48 Å². The Bertz CT molecular complexity index is 236. The standard InChI is InChI=1S/C9H16N2O4/c10-7-3-1-6(2-4-7)9(14)11-15-5-8(12)13/h6-7H,1-5,10H2,(H,11,14)(H,12,13). The molecule has 1 aliphatic rings. The van der Waals surface area contributed by atoms with Gasteiger partial charge in [0.05, 0.1) is 0 Å². The smallest absolute Gasteiger partial charge is 0.332 e. The van der Waals surface area contributed by atoms with E-state index in [9.17, 15) is 9.59 Å². The number of amides is 1. The summed E-state index contributed by atoms with van der Waals surface area (Å²) in [5, 5.41) is 8.28. The maximum absolute atomic E-state index is 11.4. The summed E-state index contributed by atoms with van der Waals surface area (Å²) in [6.45, 7) is -0.516. The van der Waals surface area contributed by atoms with E-state index in [-0.39, 0.29) is 17.9 Å². The highest BCUT2D eigenvalue weighted by molar-refractivity contribution is 5.78. The van der Waals surface area contributed by atoms with Gasteiger partial charge < -0.3 is 10.8 Å². The maximum Gasteiger partial charge on any atom is 0.332 e. The predicted octanol–water partition coefficient (Wildman–Crippen LogP) is -0.364. The summed E-state index contributed by atoms with van der Waals surface area (Å²) in [6, 6.07) is 0.189. The lowest BCUT2D eigenvalue weighted by Gasteiger charge is -2.24. The Morgan fingerprint density at radius 2 is 1.93 bits per heavy atom. The van der Waals surface area contributed by atoms with Gasteiger partial charge in [-0.15, -0.1) is 0 Å². The molecule has 0 saturated heterocycles. The number of carbonyl (C=O) groups is 2. The van der Waals surface area contributed by atoms with E-state index in [0.29, 0.717) is 0 Å². The Kier molecular flexibility index (Phi) is 4.51. The van der Waals surface area contributed by atoms with E-state index in [2.05, 4.69) is 10.3 Å². The molecule has 1 saturated carbocycles. The summed E-state index contributed by atoms with van der Waals surface area (Å²) in [5.74, 6) is -1.46. The van der Waals surface area contributed by atoms with Crippen LogP contribution < -0.4 is 11.2 Å². The van der Waals surface area contributed by atoms with Gasteiger partial charge in [0.1, 0.15) is 0 Å². The quantitative estimate of drug-likeness (QED) is 0.557. The first-order chi connectivity index (χ1) is 7.09. The molecule has 86 valence electrons. The second-order valence-electron chi connectivity index (χ2n) is 3.76. The number of hydroxylamine groups is 1. The van der Waals surface area contributed by atoms with Crippen molar-refractivity contribution >= 4 is 11.9 Å². The van der Waals surface area contributed by atoms with Gasteiger partial charge in [0.2, 0.25) is 5.91 Å². The summed E-state index contributed by atoms with van der Waals surface area (Å²) in [7, 11) is 0. The molecule has 15 heavy (non-hydrogen) atoms. The van der Waals surface area contributed by atoms with Crippen molar-refractivity contribution in [3.8, 4) is 0 Å². The van der Waals surface area contributed by atoms with Crippen molar-refractivity contribution in [1.29, 1.82) is 0 Å². The van der Waals surface area contributed by atoms with Gasteiger partial charge in [-0.1, -0.05) is 0 Å². The summed E-state index contributed by atoms with van der Waals surface area (Å²) >= 11 is 0. The average Bonchev–Trinajstić information content (AvgIpc) is 2.18. The first-order valence-corrected chi connectivity index (χ1v) is 4.98. The molecule has 0 radical (unpaired) electrons. The minimum absolute atomic E-state index is 0.0985. The van der Waals surface area contributed by atoms with Gasteiger partial charge in [-0.05, 0) is 25.7 Å². The van der Waals surface area contributed by atoms with Gasteiger partial charge in [-0.2, -0.15) is 0 Å². The summed E-state index contributed by atoms with van der Waals surface area (Å²) in [4.78, 5) is 26.0. The van der Waals surface area contributed by atoms with Crippen LogP contribution >= 0.6 is 0 Å². The van der Waals surface area contributed by atoms with E-state index in [1.165, 1.54) is 0 Å². The van der Waals surface area contributed by atoms with Crippen LogP contribution in [0.3, 0.4) is 0 Å². The Balaban J connectivity index is 2.19. The summed E-state index contributed by atoms with van der Waals surface area (Å²) < 4.78 is 0. The fraction of sp³-hybridized carbons (Fsp3) is 0.778. The van der Waals surface area contributed by atoms with Gasteiger partial charge in [0.25, 0.3) is 0 Å². The maximum atomic E-state index is 11.4. The molecule has 0 aliphatic heterocycles. The van der Waals surface area contributed by atoms with Crippen LogP contribution in [0, 0.1) is 5.92 Å². The molecule has 0 aromatic rings. The van der Waals surface area contributed by atoms with E-state index >= 15 is 0 Å². The number of nitrogens with two attached hydrogens (primary N) is 1. The first kappa shape index (κ1) is 11.9. The summed E-state index contributed by atoms with van der Waals surface area (Å²) in [6.07, 6.45) is 3.14. The van der Waals surface area contributed by atoms with Crippen LogP contribution in [-0.4, -0.2) is 29.6 Å². The number of carboxylic acids is 1. The number of carbonyl (C=O) groups excluding carboxylic acids is 1. The average molecular weight is 216 g/mol. The van der Waals surface area contributed by atoms with Crippen molar-refractivity contribution < 1.29 is 19.5 Å². The van der Waals surface area contributed by atoms with Crippen LogP contribution in [-0.2, 0) is 14.4 Å². The molecule has 1 amide bonds. The third-order valence-corrected chi connectivity index (χ3v) is 2.51. The van der Waals surface area contributed by atoms with Gasteiger partial charge >= 0.3 is 5.97 Å². The Hall–Kier alpha value is -1.14. The number of rotatable bonds is 4. The molecule has 0 spiro atoms. The molecule has 1 rings (SSSR count). The fourth-order valence-electron chi connectivity index (χ4n) is 1.63. The molecule has 0 unspecified atom stereocenters. The SMILES string of the molecule is NC1CCC(C(=O)NOCC(=O)O)CC1. The minimum Gasteiger partial charge on any atom is -0.479 e. The zero-order chi connectivity index (χ0) is 11.3. The Morgan fingerprint density at radius 1 is 1.33 bits per heavy atom. The molecule has 0 aromatic carbocycles. The first-order valence-electron chi connectivity index (χ1n) is 4.98. The third kappa shape index (κ3) is 4.26. The predicted molar refractivity (Wildman–Crippen MR) is 51.7 cm³/mol. The van der Waals surface area contributed by atoms with Crippen LogP contribution in [0.15, 0.2) is 0 Å². The highest BCUT2D eigenvalue weighted by atomic mass is 16.7. The van der Waals surface area contributed by atoms with E-state index in [1.54, 1.807) is 0 Å². The van der Waals surface area contributed by atoms with Crippen LogP contribution in [0.25, 0.3) is 0 Å². The van der Waals surface area contributed by atoms with Crippen molar-refractivity contribution in [2.45, 2.75) is 31.7 Å². The number of aliphatic carboxylic acids is 1. The number of nitrogens with one attached hydrogen (secondary N) is 1. The van der Waals surface area contributed by atoms with E-state index < -0.39 is 12.6 Å². The highest BCUT2D eigenvalue weighted by Crippen LogP contribution is 2.22. The third-order valence-electron chi connectivity index (χ3n) is 2.51. The molecule has 0 atom stereocenters. The van der Waals surface area contributed by atoms with Crippen molar-refractivity contribution in [3.05, 3.63) is 0 Å². The molecule has 0 aromatic heterocycles. The molecular weight excluding hydrogens is 200 g/mol. The normalized spacial score (nSPS) is 25.9. The molecule has 1 aliphatic carbocycles. The van der Waals surface area contributed by atoms with Crippen LogP contribution in [0.5, 0.6) is 0 Å². The second kappa shape index (κ2) is 5.67. The molecule has 4 N–H and O–H groups in total. The Morgan fingerprint density at radius 3 is 2.47 bits per heavy atom.